The number of fused-ring (bicyclic) bond motifs is 13. The summed E-state index contributed by atoms with van der Waals surface area (Å²) >= 11 is 0. The maximum atomic E-state index is 5.55. The molecule has 0 saturated heterocycles. The molecule has 10 aromatic carbocycles. The molecule has 0 aliphatic heterocycles. The molecule has 6 heteroatoms. The number of rotatable bonds is 6. The average Bonchev–Trinajstić information content (AvgIpc) is 4.16. The smallest absolute Gasteiger partial charge is 0.237 e. The van der Waals surface area contributed by atoms with Crippen LogP contribution >= 0.6 is 0 Å². The largest absolute Gasteiger partial charge is 0.309 e. The van der Waals surface area contributed by atoms with Crippen LogP contribution in [0, 0.1) is 0 Å². The molecule has 0 atom stereocenters. The molecule has 0 saturated carbocycles. The first-order valence-electron chi connectivity index (χ1n) is 23.8. The zero-order chi connectivity index (χ0) is 45.9. The average molecular weight is 893 g/mol. The molecule has 0 N–H and O–H groups in total. The number of aromatic nitrogens is 6. The Hall–Kier alpha value is -9.52. The van der Waals surface area contributed by atoms with E-state index in [4.69, 9.17) is 9.97 Å². The van der Waals surface area contributed by atoms with Crippen LogP contribution in [-0.4, -0.2) is 28.2 Å². The molecule has 0 radical (unpaired) electrons. The van der Waals surface area contributed by atoms with Gasteiger partial charge in [-0.2, -0.15) is 4.98 Å². The van der Waals surface area contributed by atoms with Gasteiger partial charge in [-0.1, -0.05) is 170 Å². The zero-order valence-electron chi connectivity index (χ0n) is 37.8. The van der Waals surface area contributed by atoms with Crippen molar-refractivity contribution in [2.24, 2.45) is 0 Å². The van der Waals surface area contributed by atoms with Crippen molar-refractivity contribution in [3.05, 3.63) is 243 Å². The lowest BCUT2D eigenvalue weighted by molar-refractivity contribution is 0.952. The Morgan fingerprint density at radius 2 is 0.700 bits per heavy atom. The van der Waals surface area contributed by atoms with E-state index in [1.54, 1.807) is 0 Å². The first-order valence-corrected chi connectivity index (χ1v) is 23.8. The molecule has 0 amide bonds. The molecule has 70 heavy (non-hydrogen) atoms. The van der Waals surface area contributed by atoms with Crippen LogP contribution in [0.1, 0.15) is 0 Å². The standard InChI is InChI=1S/C64H40N6/c1-2-18-41(19-3-1)42-20-16-22-44(38-42)67-59-35-15-9-29-52(59)62-60(67)37-36-51-50-28-8-10-30-54(50)68(63(51)62)45-23-17-21-43(39-45)53-40-61(69-55-31-11-4-24-46(55)47-25-5-12-32-56(47)69)66-64(65-53)70-57-33-13-6-26-48(57)49-27-7-14-34-58(49)70/h1-40H. The summed E-state index contributed by atoms with van der Waals surface area (Å²) in [6.07, 6.45) is 0. The second kappa shape index (κ2) is 15.0. The van der Waals surface area contributed by atoms with E-state index >= 15 is 0 Å². The van der Waals surface area contributed by atoms with Crippen LogP contribution in [-0.2, 0) is 0 Å². The van der Waals surface area contributed by atoms with Crippen LogP contribution in [0.5, 0.6) is 0 Å². The fourth-order valence-corrected chi connectivity index (χ4v) is 11.4. The van der Waals surface area contributed by atoms with Crippen molar-refractivity contribution in [3.8, 4) is 45.5 Å². The summed E-state index contributed by atoms with van der Waals surface area (Å²) in [5, 5.41) is 9.52. The quantitative estimate of drug-likeness (QED) is 0.167. The van der Waals surface area contributed by atoms with E-state index in [0.29, 0.717) is 5.95 Å². The molecular formula is C64H40N6. The summed E-state index contributed by atoms with van der Waals surface area (Å²) < 4.78 is 9.43. The molecule has 0 bridgehead atoms. The molecule has 326 valence electrons. The van der Waals surface area contributed by atoms with Gasteiger partial charge >= 0.3 is 0 Å². The lowest BCUT2D eigenvalue weighted by Gasteiger charge is -2.15. The summed E-state index contributed by atoms with van der Waals surface area (Å²) in [4.78, 5) is 11.1. The molecule has 0 spiro atoms. The highest BCUT2D eigenvalue weighted by Gasteiger charge is 2.23. The van der Waals surface area contributed by atoms with Gasteiger partial charge in [-0.15, -0.1) is 0 Å². The predicted octanol–water partition coefficient (Wildman–Crippen LogP) is 16.2. The van der Waals surface area contributed by atoms with Crippen LogP contribution in [0.25, 0.3) is 133 Å². The Balaban J connectivity index is 0.995. The van der Waals surface area contributed by atoms with E-state index in [1.807, 2.05) is 0 Å². The summed E-state index contributed by atoms with van der Waals surface area (Å²) in [6.45, 7) is 0. The van der Waals surface area contributed by atoms with Gasteiger partial charge in [-0.05, 0) is 77.9 Å². The number of hydrogen-bond acceptors (Lipinski definition) is 2. The Morgan fingerprint density at radius 1 is 0.257 bits per heavy atom. The van der Waals surface area contributed by atoms with E-state index in [-0.39, 0.29) is 0 Å². The minimum atomic E-state index is 0.611. The molecule has 0 aliphatic carbocycles. The van der Waals surface area contributed by atoms with Crippen LogP contribution in [0.4, 0.5) is 0 Å². The molecular weight excluding hydrogens is 853 g/mol. The number of nitrogens with zero attached hydrogens (tertiary/aromatic N) is 6. The molecule has 15 aromatic rings. The van der Waals surface area contributed by atoms with Crippen molar-refractivity contribution in [1.29, 1.82) is 0 Å². The van der Waals surface area contributed by atoms with Crippen molar-refractivity contribution < 1.29 is 0 Å². The fourth-order valence-electron chi connectivity index (χ4n) is 11.4. The van der Waals surface area contributed by atoms with Gasteiger partial charge < -0.3 is 9.13 Å². The second-order valence-corrected chi connectivity index (χ2v) is 18.2. The topological polar surface area (TPSA) is 45.5 Å². The highest BCUT2D eigenvalue weighted by Crippen LogP contribution is 2.43. The van der Waals surface area contributed by atoms with Gasteiger partial charge in [-0.25, -0.2) is 4.98 Å². The van der Waals surface area contributed by atoms with Crippen LogP contribution in [0.2, 0.25) is 0 Å². The van der Waals surface area contributed by atoms with E-state index in [9.17, 15) is 0 Å². The van der Waals surface area contributed by atoms with E-state index in [2.05, 4.69) is 261 Å². The molecule has 0 unspecified atom stereocenters. The summed E-state index contributed by atoms with van der Waals surface area (Å²) in [5.74, 6) is 1.41. The minimum Gasteiger partial charge on any atom is -0.309 e. The van der Waals surface area contributed by atoms with E-state index < -0.39 is 0 Å². The molecule has 6 nitrogen and oxygen atoms in total. The van der Waals surface area contributed by atoms with Crippen LogP contribution < -0.4 is 0 Å². The van der Waals surface area contributed by atoms with Gasteiger partial charge in [0.25, 0.3) is 0 Å². The Bertz CT molecular complexity index is 4360. The van der Waals surface area contributed by atoms with Crippen molar-refractivity contribution in [2.45, 2.75) is 0 Å². The minimum absolute atomic E-state index is 0.611. The lowest BCUT2D eigenvalue weighted by atomic mass is 10.1. The molecule has 0 aliphatic rings. The lowest BCUT2D eigenvalue weighted by Crippen LogP contribution is -2.07. The number of hydrogen-bond donors (Lipinski definition) is 0. The molecule has 0 fully saturated rings. The van der Waals surface area contributed by atoms with E-state index in [0.717, 1.165) is 77.8 Å². The van der Waals surface area contributed by atoms with Gasteiger partial charge in [0.1, 0.15) is 5.82 Å². The first-order chi connectivity index (χ1) is 34.7. The molecule has 5 heterocycles. The highest BCUT2D eigenvalue weighted by atomic mass is 15.2. The zero-order valence-corrected chi connectivity index (χ0v) is 37.8. The normalized spacial score (nSPS) is 12.0. The van der Waals surface area contributed by atoms with Crippen molar-refractivity contribution in [2.75, 3.05) is 0 Å². The summed E-state index contributed by atoms with van der Waals surface area (Å²) in [5.41, 5.74) is 15.3. The summed E-state index contributed by atoms with van der Waals surface area (Å²) in [6, 6.07) is 87.3. The van der Waals surface area contributed by atoms with Gasteiger partial charge in [0.05, 0.1) is 49.8 Å². The highest BCUT2D eigenvalue weighted by molar-refractivity contribution is 6.26. The van der Waals surface area contributed by atoms with Crippen molar-refractivity contribution in [3.63, 3.8) is 0 Å². The van der Waals surface area contributed by atoms with E-state index in [1.165, 1.54) is 49.0 Å². The monoisotopic (exact) mass is 892 g/mol. The van der Waals surface area contributed by atoms with Crippen LogP contribution in [0.15, 0.2) is 243 Å². The van der Waals surface area contributed by atoms with Gasteiger partial charge in [0, 0.05) is 66.1 Å². The molecule has 15 rings (SSSR count). The fraction of sp³-hybridized carbons (Fsp3) is 0. The Kier molecular flexibility index (Phi) is 8.26. The Morgan fingerprint density at radius 3 is 1.30 bits per heavy atom. The Labute approximate surface area is 401 Å². The number of benzene rings is 10. The third-order valence-electron chi connectivity index (χ3n) is 14.4. The third-order valence-corrected chi connectivity index (χ3v) is 14.4. The summed E-state index contributed by atoms with van der Waals surface area (Å²) in [7, 11) is 0. The van der Waals surface area contributed by atoms with Crippen LogP contribution in [0.3, 0.4) is 0 Å². The SMILES string of the molecule is c1ccc(-c2cccc(-n3c4ccccc4c4c3ccc3c5ccccc5n(-c5cccc(-c6cc(-n7c8ccccc8c8ccccc87)nc(-n7c8ccccc8c8ccccc87)n6)c5)c34)c2)cc1. The maximum absolute atomic E-state index is 5.55. The van der Waals surface area contributed by atoms with Crippen molar-refractivity contribution in [1.82, 2.24) is 28.2 Å². The van der Waals surface area contributed by atoms with Gasteiger partial charge in [0.15, 0.2) is 0 Å². The third kappa shape index (κ3) is 5.62. The maximum Gasteiger partial charge on any atom is 0.237 e. The van der Waals surface area contributed by atoms with Gasteiger partial charge in [-0.3, -0.25) is 9.13 Å². The van der Waals surface area contributed by atoms with Gasteiger partial charge in [0.2, 0.25) is 5.95 Å². The predicted molar refractivity (Wildman–Crippen MR) is 290 cm³/mol. The second-order valence-electron chi connectivity index (χ2n) is 18.2. The first kappa shape index (κ1) is 38.6. The number of para-hydroxylation sites is 6. The van der Waals surface area contributed by atoms with Crippen molar-refractivity contribution >= 4 is 87.2 Å². The molecule has 5 aromatic heterocycles.